The van der Waals surface area contributed by atoms with Crippen molar-refractivity contribution in [2.24, 2.45) is 0 Å². The lowest BCUT2D eigenvalue weighted by Gasteiger charge is -2.08. The van der Waals surface area contributed by atoms with Crippen LogP contribution >= 0.6 is 0 Å². The number of nitrogens with two attached hydrogens (primary N) is 1. The van der Waals surface area contributed by atoms with Crippen molar-refractivity contribution in [2.45, 2.75) is 6.92 Å². The standard InChI is InChI=1S/C11H11FN2O2/c1-6-3-4-8(15-2)10(11(6)12)7-5-9(13)16-14-7/h3-5H,13H2,1-2H3. The summed E-state index contributed by atoms with van der Waals surface area (Å²) in [7, 11) is 1.47. The molecule has 0 atom stereocenters. The number of nitrogens with zero attached hydrogens (tertiary/aromatic N) is 1. The largest absolute Gasteiger partial charge is 0.496 e. The summed E-state index contributed by atoms with van der Waals surface area (Å²) in [5.41, 5.74) is 6.51. The van der Waals surface area contributed by atoms with Crippen molar-refractivity contribution in [1.82, 2.24) is 5.16 Å². The predicted molar refractivity (Wildman–Crippen MR) is 57.6 cm³/mol. The van der Waals surface area contributed by atoms with Crippen molar-refractivity contribution in [3.63, 3.8) is 0 Å². The van der Waals surface area contributed by atoms with Crippen LogP contribution in [-0.2, 0) is 0 Å². The number of nitrogen functional groups attached to an aromatic ring is 1. The predicted octanol–water partition coefficient (Wildman–Crippen LogP) is 2.38. The Hall–Kier alpha value is -2.04. The van der Waals surface area contributed by atoms with E-state index in [0.29, 0.717) is 17.0 Å². The monoisotopic (exact) mass is 222 g/mol. The second-order valence-electron chi connectivity index (χ2n) is 3.39. The lowest BCUT2D eigenvalue weighted by molar-refractivity contribution is 0.410. The van der Waals surface area contributed by atoms with Gasteiger partial charge < -0.3 is 15.0 Å². The maximum atomic E-state index is 13.9. The number of hydrogen-bond acceptors (Lipinski definition) is 4. The second kappa shape index (κ2) is 3.84. The molecule has 0 bridgehead atoms. The van der Waals surface area contributed by atoms with E-state index in [1.807, 2.05) is 0 Å². The third-order valence-electron chi connectivity index (χ3n) is 2.30. The highest BCUT2D eigenvalue weighted by molar-refractivity contribution is 5.70. The highest BCUT2D eigenvalue weighted by Crippen LogP contribution is 2.33. The number of rotatable bonds is 2. The van der Waals surface area contributed by atoms with Crippen molar-refractivity contribution in [1.29, 1.82) is 0 Å². The molecule has 0 unspecified atom stereocenters. The fourth-order valence-electron chi connectivity index (χ4n) is 1.48. The quantitative estimate of drug-likeness (QED) is 0.847. The van der Waals surface area contributed by atoms with Crippen molar-refractivity contribution >= 4 is 5.88 Å². The fraction of sp³-hybridized carbons (Fsp3) is 0.182. The Morgan fingerprint density at radius 1 is 1.44 bits per heavy atom. The van der Waals surface area contributed by atoms with Crippen LogP contribution in [0.3, 0.4) is 0 Å². The molecule has 2 N–H and O–H groups in total. The summed E-state index contributed by atoms with van der Waals surface area (Å²) in [5, 5.41) is 3.68. The van der Waals surface area contributed by atoms with Crippen molar-refractivity contribution < 1.29 is 13.7 Å². The van der Waals surface area contributed by atoms with Gasteiger partial charge in [-0.2, -0.15) is 0 Å². The number of hydrogen-bond donors (Lipinski definition) is 1. The first-order chi connectivity index (χ1) is 7.63. The number of aromatic nitrogens is 1. The number of anilines is 1. The molecule has 1 aromatic heterocycles. The Labute approximate surface area is 91.8 Å². The maximum absolute atomic E-state index is 13.9. The molecule has 4 nitrogen and oxygen atoms in total. The number of halogens is 1. The number of aryl methyl sites for hydroxylation is 1. The molecule has 84 valence electrons. The Balaban J connectivity index is 2.66. The van der Waals surface area contributed by atoms with E-state index in [1.165, 1.54) is 13.2 Å². The molecular formula is C11H11FN2O2. The number of methoxy groups -OCH3 is 1. The average molecular weight is 222 g/mol. The molecule has 5 heteroatoms. The van der Waals surface area contributed by atoms with Crippen LogP contribution in [0.15, 0.2) is 22.7 Å². The first-order valence-electron chi connectivity index (χ1n) is 4.69. The minimum atomic E-state index is -0.382. The van der Waals surface area contributed by atoms with Crippen molar-refractivity contribution in [3.05, 3.63) is 29.6 Å². The molecule has 0 aliphatic heterocycles. The molecule has 1 aromatic carbocycles. The Kier molecular flexibility index (Phi) is 2.52. The average Bonchev–Trinajstić information content (AvgIpc) is 2.68. The van der Waals surface area contributed by atoms with Gasteiger partial charge in [0.1, 0.15) is 17.3 Å². The Morgan fingerprint density at radius 3 is 2.75 bits per heavy atom. The van der Waals surface area contributed by atoms with Gasteiger partial charge in [-0.3, -0.25) is 0 Å². The lowest BCUT2D eigenvalue weighted by Crippen LogP contribution is -1.94. The van der Waals surface area contributed by atoms with Crippen molar-refractivity contribution in [2.75, 3.05) is 12.8 Å². The second-order valence-corrected chi connectivity index (χ2v) is 3.39. The molecule has 0 radical (unpaired) electrons. The molecule has 0 aliphatic rings. The van der Waals surface area contributed by atoms with E-state index in [0.717, 1.165) is 0 Å². The lowest BCUT2D eigenvalue weighted by atomic mass is 10.1. The van der Waals surface area contributed by atoms with Gasteiger partial charge in [0, 0.05) is 6.07 Å². The third-order valence-corrected chi connectivity index (χ3v) is 2.30. The minimum absolute atomic E-state index is 0.137. The van der Waals surface area contributed by atoms with Crippen LogP contribution < -0.4 is 10.5 Å². The fourth-order valence-corrected chi connectivity index (χ4v) is 1.48. The zero-order chi connectivity index (χ0) is 11.7. The Morgan fingerprint density at radius 2 is 2.19 bits per heavy atom. The van der Waals surface area contributed by atoms with Crippen LogP contribution in [0.1, 0.15) is 5.56 Å². The normalized spacial score (nSPS) is 10.4. The van der Waals surface area contributed by atoms with Gasteiger partial charge in [-0.25, -0.2) is 4.39 Å². The summed E-state index contributed by atoms with van der Waals surface area (Å²) < 4.78 is 23.7. The van der Waals surface area contributed by atoms with Crippen LogP contribution in [0.5, 0.6) is 5.75 Å². The van der Waals surface area contributed by atoms with Gasteiger partial charge in [-0.1, -0.05) is 11.2 Å². The molecular weight excluding hydrogens is 211 g/mol. The molecule has 0 fully saturated rings. The highest BCUT2D eigenvalue weighted by Gasteiger charge is 2.17. The smallest absolute Gasteiger partial charge is 0.222 e. The maximum Gasteiger partial charge on any atom is 0.222 e. The summed E-state index contributed by atoms with van der Waals surface area (Å²) in [6.07, 6.45) is 0. The van der Waals surface area contributed by atoms with Crippen LogP contribution in [-0.4, -0.2) is 12.3 Å². The summed E-state index contributed by atoms with van der Waals surface area (Å²) >= 11 is 0. The molecule has 0 saturated heterocycles. The molecule has 2 rings (SSSR count). The molecule has 2 aromatic rings. The SMILES string of the molecule is COc1ccc(C)c(F)c1-c1cc(N)on1. The Bertz CT molecular complexity index is 523. The van der Waals surface area contributed by atoms with Crippen LogP contribution in [0, 0.1) is 12.7 Å². The topological polar surface area (TPSA) is 61.3 Å². The van der Waals surface area contributed by atoms with Gasteiger partial charge >= 0.3 is 0 Å². The van der Waals surface area contributed by atoms with Crippen LogP contribution in [0.2, 0.25) is 0 Å². The highest BCUT2D eigenvalue weighted by atomic mass is 19.1. The summed E-state index contributed by atoms with van der Waals surface area (Å²) in [6.45, 7) is 1.67. The van der Waals surface area contributed by atoms with Gasteiger partial charge in [-0.05, 0) is 18.6 Å². The van der Waals surface area contributed by atoms with E-state index in [-0.39, 0.29) is 17.3 Å². The van der Waals surface area contributed by atoms with Crippen LogP contribution in [0.25, 0.3) is 11.3 Å². The van der Waals surface area contributed by atoms with E-state index in [1.54, 1.807) is 19.1 Å². The van der Waals surface area contributed by atoms with Crippen LogP contribution in [0.4, 0.5) is 10.3 Å². The zero-order valence-corrected chi connectivity index (χ0v) is 8.95. The van der Waals surface area contributed by atoms with Gasteiger partial charge in [0.2, 0.25) is 5.88 Å². The zero-order valence-electron chi connectivity index (χ0n) is 8.95. The van der Waals surface area contributed by atoms with E-state index in [9.17, 15) is 4.39 Å². The van der Waals surface area contributed by atoms with E-state index < -0.39 is 0 Å². The van der Waals surface area contributed by atoms with Gasteiger partial charge in [0.25, 0.3) is 0 Å². The van der Waals surface area contributed by atoms with E-state index in [2.05, 4.69) is 5.16 Å². The van der Waals surface area contributed by atoms with E-state index in [4.69, 9.17) is 15.0 Å². The van der Waals surface area contributed by atoms with Crippen molar-refractivity contribution in [3.8, 4) is 17.0 Å². The minimum Gasteiger partial charge on any atom is -0.496 e. The summed E-state index contributed by atoms with van der Waals surface area (Å²) in [4.78, 5) is 0. The first-order valence-corrected chi connectivity index (χ1v) is 4.69. The summed E-state index contributed by atoms with van der Waals surface area (Å²) in [6, 6.07) is 4.78. The van der Waals surface area contributed by atoms with Gasteiger partial charge in [0.15, 0.2) is 0 Å². The molecule has 16 heavy (non-hydrogen) atoms. The third kappa shape index (κ3) is 1.60. The van der Waals surface area contributed by atoms with Gasteiger partial charge in [-0.15, -0.1) is 0 Å². The molecule has 1 heterocycles. The number of ether oxygens (including phenoxy) is 1. The molecule has 0 saturated carbocycles. The molecule has 0 aliphatic carbocycles. The number of benzene rings is 1. The van der Waals surface area contributed by atoms with Gasteiger partial charge in [0.05, 0.1) is 12.7 Å². The molecule has 0 spiro atoms. The van der Waals surface area contributed by atoms with E-state index >= 15 is 0 Å². The summed E-state index contributed by atoms with van der Waals surface area (Å²) in [5.74, 6) is 0.155. The molecule has 0 amide bonds. The first kappa shape index (κ1) is 10.5.